The number of aromatic nitrogens is 1. The number of carbonyl (C=O) groups excluding carboxylic acids is 2. The molecule has 3 rings (SSSR count). The van der Waals surface area contributed by atoms with Crippen LogP contribution >= 0.6 is 0 Å². The average molecular weight is 380 g/mol. The molecule has 0 spiro atoms. The molecule has 0 radical (unpaired) electrons. The van der Waals surface area contributed by atoms with Gasteiger partial charge in [-0.25, -0.2) is 0 Å². The molecule has 0 aliphatic heterocycles. The second kappa shape index (κ2) is 8.14. The number of rotatable bonds is 7. The summed E-state index contributed by atoms with van der Waals surface area (Å²) in [5.41, 5.74) is 0.896. The van der Waals surface area contributed by atoms with E-state index in [2.05, 4.69) is 15.6 Å². The molecule has 2 amide bonds. The van der Waals surface area contributed by atoms with Gasteiger partial charge in [0.05, 0.1) is 6.10 Å². The highest BCUT2D eigenvalue weighted by atomic mass is 16.4. The summed E-state index contributed by atoms with van der Waals surface area (Å²) < 4.78 is 0. The van der Waals surface area contributed by atoms with Crippen molar-refractivity contribution < 1.29 is 19.8 Å². The standard InChI is InChI=1S/C21H23N3O4/c1-21(24-20(27)28,11-15-12-22-17-10-6-5-9-16(15)17)19(26)23-13-18(25)14-7-3-2-4-8-14/h2-10,12,18,22,24-25H,11,13H2,1H3,(H,23,26)(H,27,28)/p-1. The summed E-state index contributed by atoms with van der Waals surface area (Å²) in [6.07, 6.45) is -0.559. The number of benzene rings is 2. The molecule has 2 aromatic carbocycles. The smallest absolute Gasteiger partial charge is 0.245 e. The van der Waals surface area contributed by atoms with Crippen LogP contribution in [0.25, 0.3) is 10.9 Å². The van der Waals surface area contributed by atoms with E-state index in [1.54, 1.807) is 30.5 Å². The van der Waals surface area contributed by atoms with Crippen LogP contribution in [0.2, 0.25) is 0 Å². The lowest BCUT2D eigenvalue weighted by Gasteiger charge is -2.31. The van der Waals surface area contributed by atoms with Crippen molar-refractivity contribution >= 4 is 22.9 Å². The van der Waals surface area contributed by atoms with Gasteiger partial charge in [-0.1, -0.05) is 48.5 Å². The van der Waals surface area contributed by atoms with E-state index in [1.807, 2.05) is 30.3 Å². The topological polar surface area (TPSA) is 117 Å². The number of hydrogen-bond donors (Lipinski definition) is 4. The molecular weight excluding hydrogens is 358 g/mol. The van der Waals surface area contributed by atoms with Gasteiger partial charge >= 0.3 is 0 Å². The highest BCUT2D eigenvalue weighted by molar-refractivity contribution is 5.91. The molecule has 0 bridgehead atoms. The largest absolute Gasteiger partial charge is 0.530 e. The molecule has 0 saturated heterocycles. The van der Waals surface area contributed by atoms with Crippen LogP contribution in [0.1, 0.15) is 24.2 Å². The highest BCUT2D eigenvalue weighted by Gasteiger charge is 2.34. The van der Waals surface area contributed by atoms with E-state index in [1.165, 1.54) is 6.92 Å². The lowest BCUT2D eigenvalue weighted by Crippen LogP contribution is -2.61. The van der Waals surface area contributed by atoms with Crippen LogP contribution in [0.3, 0.4) is 0 Å². The molecule has 7 nitrogen and oxygen atoms in total. The lowest BCUT2D eigenvalue weighted by atomic mass is 9.91. The number of H-pyrrole nitrogens is 1. The molecule has 28 heavy (non-hydrogen) atoms. The van der Waals surface area contributed by atoms with Crippen molar-refractivity contribution in [2.24, 2.45) is 0 Å². The number of aromatic amines is 1. The van der Waals surface area contributed by atoms with Gasteiger partial charge in [-0.2, -0.15) is 0 Å². The summed E-state index contributed by atoms with van der Waals surface area (Å²) in [7, 11) is 0. The summed E-state index contributed by atoms with van der Waals surface area (Å²) in [6.45, 7) is 1.45. The van der Waals surface area contributed by atoms with E-state index < -0.39 is 23.6 Å². The van der Waals surface area contributed by atoms with Gasteiger partial charge in [0.2, 0.25) is 5.91 Å². The number of carbonyl (C=O) groups is 2. The van der Waals surface area contributed by atoms with Gasteiger partial charge in [0.1, 0.15) is 11.6 Å². The van der Waals surface area contributed by atoms with Crippen LogP contribution in [0.5, 0.6) is 0 Å². The number of nitrogens with one attached hydrogen (secondary N) is 3. The Morgan fingerprint density at radius 3 is 2.54 bits per heavy atom. The second-order valence-electron chi connectivity index (χ2n) is 6.92. The van der Waals surface area contributed by atoms with E-state index in [9.17, 15) is 19.8 Å². The monoisotopic (exact) mass is 380 g/mol. The lowest BCUT2D eigenvalue weighted by molar-refractivity contribution is -0.252. The van der Waals surface area contributed by atoms with Crippen LogP contribution in [-0.4, -0.2) is 34.2 Å². The third-order valence-corrected chi connectivity index (χ3v) is 4.74. The van der Waals surface area contributed by atoms with E-state index in [-0.39, 0.29) is 13.0 Å². The van der Waals surface area contributed by atoms with Crippen molar-refractivity contribution in [2.75, 3.05) is 6.54 Å². The molecule has 2 unspecified atom stereocenters. The number of fused-ring (bicyclic) bond motifs is 1. The van der Waals surface area contributed by atoms with E-state index in [0.717, 1.165) is 16.5 Å². The molecule has 0 fully saturated rings. The van der Waals surface area contributed by atoms with Gasteiger partial charge in [-0.05, 0) is 24.1 Å². The van der Waals surface area contributed by atoms with Gasteiger partial charge in [0.25, 0.3) is 0 Å². The molecule has 4 N–H and O–H groups in total. The number of hydrogen-bond acceptors (Lipinski definition) is 4. The summed E-state index contributed by atoms with van der Waals surface area (Å²) in [5, 5.41) is 27.2. The van der Waals surface area contributed by atoms with Crippen LogP contribution in [0.15, 0.2) is 60.8 Å². The number of amides is 2. The first-order chi connectivity index (χ1) is 13.4. The highest BCUT2D eigenvalue weighted by Crippen LogP contribution is 2.23. The Hall–Kier alpha value is -3.32. The molecule has 7 heteroatoms. The summed E-state index contributed by atoms with van der Waals surface area (Å²) in [4.78, 5) is 27.1. The van der Waals surface area contributed by atoms with Crippen molar-refractivity contribution in [1.82, 2.24) is 15.6 Å². The minimum atomic E-state index is -1.54. The van der Waals surface area contributed by atoms with Gasteiger partial charge in [-0.15, -0.1) is 0 Å². The SMILES string of the molecule is CC(Cc1c[nH]c2ccccc12)(NC(=O)[O-])C(=O)NCC(O)c1ccccc1. The molecule has 0 aliphatic rings. The molecule has 2 atom stereocenters. The molecule has 1 heterocycles. The molecule has 1 aromatic heterocycles. The fraction of sp³-hybridized carbons (Fsp3) is 0.238. The van der Waals surface area contributed by atoms with E-state index in [4.69, 9.17) is 0 Å². The fourth-order valence-electron chi connectivity index (χ4n) is 3.24. The minimum absolute atomic E-state index is 0.0406. The van der Waals surface area contributed by atoms with Crippen molar-refractivity contribution in [1.29, 1.82) is 0 Å². The quantitative estimate of drug-likeness (QED) is 0.493. The Morgan fingerprint density at radius 2 is 1.82 bits per heavy atom. The minimum Gasteiger partial charge on any atom is -0.530 e. The van der Waals surface area contributed by atoms with Crippen LogP contribution < -0.4 is 15.7 Å². The molecular formula is C21H22N3O4-. The molecule has 3 aromatic rings. The maximum absolute atomic E-state index is 12.8. The van der Waals surface area contributed by atoms with Crippen LogP contribution in [0.4, 0.5) is 4.79 Å². The fourth-order valence-corrected chi connectivity index (χ4v) is 3.24. The third-order valence-electron chi connectivity index (χ3n) is 4.74. The predicted molar refractivity (Wildman–Crippen MR) is 103 cm³/mol. The van der Waals surface area contributed by atoms with Gasteiger partial charge in [0.15, 0.2) is 0 Å². The van der Waals surface area contributed by atoms with Gasteiger partial charge in [-0.3, -0.25) is 4.79 Å². The van der Waals surface area contributed by atoms with Crippen molar-refractivity contribution in [3.05, 3.63) is 71.9 Å². The normalized spacial score (nSPS) is 14.2. The van der Waals surface area contributed by atoms with Crippen molar-refractivity contribution in [2.45, 2.75) is 25.0 Å². The van der Waals surface area contributed by atoms with Gasteiger partial charge in [0, 0.05) is 30.1 Å². The maximum atomic E-state index is 12.8. The molecule has 0 saturated carbocycles. The molecule has 0 aliphatic carbocycles. The first kappa shape index (κ1) is 19.4. The van der Waals surface area contributed by atoms with Crippen molar-refractivity contribution in [3.63, 3.8) is 0 Å². The number of carboxylic acid groups (broad SMARTS) is 1. The Morgan fingerprint density at radius 1 is 1.14 bits per heavy atom. The van der Waals surface area contributed by atoms with E-state index in [0.29, 0.717) is 5.56 Å². The van der Waals surface area contributed by atoms with Crippen LogP contribution in [-0.2, 0) is 11.2 Å². The summed E-state index contributed by atoms with van der Waals surface area (Å²) >= 11 is 0. The predicted octanol–water partition coefficient (Wildman–Crippen LogP) is 1.25. The average Bonchev–Trinajstić information content (AvgIpc) is 3.08. The third kappa shape index (κ3) is 4.32. The maximum Gasteiger partial charge on any atom is 0.245 e. The van der Waals surface area contributed by atoms with E-state index >= 15 is 0 Å². The number of aliphatic hydroxyl groups excluding tert-OH is 1. The van der Waals surface area contributed by atoms with Crippen LogP contribution in [0, 0.1) is 0 Å². The zero-order valence-corrected chi connectivity index (χ0v) is 15.4. The number of aliphatic hydroxyl groups is 1. The first-order valence-electron chi connectivity index (χ1n) is 8.94. The zero-order valence-electron chi connectivity index (χ0n) is 15.4. The summed E-state index contributed by atoms with van der Waals surface area (Å²) in [6, 6.07) is 16.5. The first-order valence-corrected chi connectivity index (χ1v) is 8.94. The Bertz CT molecular complexity index is 970. The van der Waals surface area contributed by atoms with Crippen molar-refractivity contribution in [3.8, 4) is 0 Å². The number of para-hydroxylation sites is 1. The zero-order chi connectivity index (χ0) is 20.1. The second-order valence-corrected chi connectivity index (χ2v) is 6.92. The van der Waals surface area contributed by atoms with Gasteiger partial charge < -0.3 is 30.6 Å². The Balaban J connectivity index is 1.76. The Labute approximate surface area is 162 Å². The molecule has 146 valence electrons. The summed E-state index contributed by atoms with van der Waals surface area (Å²) in [5.74, 6) is -0.544. The Kier molecular flexibility index (Phi) is 5.65.